The Kier molecular flexibility index (Phi) is 5.62. The summed E-state index contributed by atoms with van der Waals surface area (Å²) in [5, 5.41) is 4.46. The molecule has 1 aromatic carbocycles. The van der Waals surface area contributed by atoms with Crippen LogP contribution < -0.4 is 9.64 Å². The number of anilines is 1. The zero-order valence-corrected chi connectivity index (χ0v) is 17.2. The van der Waals surface area contributed by atoms with Crippen LogP contribution in [0, 0.1) is 0 Å². The Labute approximate surface area is 174 Å². The molecule has 0 N–H and O–H groups in total. The minimum atomic E-state index is -0.578. The van der Waals surface area contributed by atoms with Crippen LogP contribution in [0.1, 0.15) is 10.5 Å². The van der Waals surface area contributed by atoms with Crippen molar-refractivity contribution in [3.8, 4) is 28.3 Å². The zero-order chi connectivity index (χ0) is 21.1. The Bertz CT molecular complexity index is 1060. The summed E-state index contributed by atoms with van der Waals surface area (Å²) in [7, 11) is 4.68. The predicted molar refractivity (Wildman–Crippen MR) is 111 cm³/mol. The van der Waals surface area contributed by atoms with Gasteiger partial charge in [-0.15, -0.1) is 0 Å². The maximum Gasteiger partial charge on any atom is 0.360 e. The average molecular weight is 409 g/mol. The van der Waals surface area contributed by atoms with Crippen molar-refractivity contribution < 1.29 is 19.0 Å². The van der Waals surface area contributed by atoms with Crippen LogP contribution in [0.15, 0.2) is 36.5 Å². The summed E-state index contributed by atoms with van der Waals surface area (Å²) in [6.07, 6.45) is 1.89. The molecule has 9 heteroatoms. The van der Waals surface area contributed by atoms with Gasteiger partial charge in [0, 0.05) is 37.5 Å². The highest BCUT2D eigenvalue weighted by molar-refractivity contribution is 5.93. The van der Waals surface area contributed by atoms with Crippen LogP contribution in [-0.4, -0.2) is 66.2 Å². The largest absolute Gasteiger partial charge is 0.492 e. The summed E-state index contributed by atoms with van der Waals surface area (Å²) >= 11 is 0. The molecule has 0 aliphatic carbocycles. The third-order valence-corrected chi connectivity index (χ3v) is 4.88. The van der Waals surface area contributed by atoms with Gasteiger partial charge in [-0.1, -0.05) is 18.2 Å². The monoisotopic (exact) mass is 409 g/mol. The van der Waals surface area contributed by atoms with E-state index < -0.39 is 5.97 Å². The summed E-state index contributed by atoms with van der Waals surface area (Å²) in [4.78, 5) is 23.6. The second-order valence-electron chi connectivity index (χ2n) is 6.80. The average Bonchev–Trinajstić information content (AvgIpc) is 3.24. The molecule has 0 atom stereocenters. The number of methoxy groups -OCH3 is 2. The maximum absolute atomic E-state index is 12.5. The SMILES string of the molecule is COC(=O)c1nc(N2CCOCC2)nc(-c2cccc(-c3ccn(C)n3)c2)c1OC. The Morgan fingerprint density at radius 3 is 2.53 bits per heavy atom. The van der Waals surface area contributed by atoms with Gasteiger partial charge in [-0.25, -0.2) is 14.8 Å². The molecule has 0 spiro atoms. The topological polar surface area (TPSA) is 91.6 Å². The van der Waals surface area contributed by atoms with Crippen LogP contribution in [-0.2, 0) is 16.5 Å². The summed E-state index contributed by atoms with van der Waals surface area (Å²) in [6.45, 7) is 2.43. The van der Waals surface area contributed by atoms with Crippen LogP contribution in [0.2, 0.25) is 0 Å². The van der Waals surface area contributed by atoms with E-state index in [-0.39, 0.29) is 11.4 Å². The Hall–Kier alpha value is -3.46. The molecule has 1 saturated heterocycles. The standard InChI is InChI=1S/C21H23N5O4/c1-25-8-7-16(24-25)14-5-4-6-15(13-14)17-19(28-2)18(20(27)29-3)23-21(22-17)26-9-11-30-12-10-26/h4-8,13H,9-12H2,1-3H3. The lowest BCUT2D eigenvalue weighted by Gasteiger charge is -2.27. The van der Waals surface area contributed by atoms with Crippen molar-refractivity contribution in [1.29, 1.82) is 0 Å². The van der Waals surface area contributed by atoms with Crippen molar-refractivity contribution in [1.82, 2.24) is 19.7 Å². The van der Waals surface area contributed by atoms with Gasteiger partial charge in [0.15, 0.2) is 11.4 Å². The van der Waals surface area contributed by atoms with Gasteiger partial charge in [0.1, 0.15) is 5.69 Å². The molecule has 0 unspecified atom stereocenters. The van der Waals surface area contributed by atoms with E-state index in [2.05, 4.69) is 10.1 Å². The van der Waals surface area contributed by atoms with E-state index in [1.165, 1.54) is 14.2 Å². The number of aryl methyl sites for hydroxylation is 1. The molecule has 3 heterocycles. The summed E-state index contributed by atoms with van der Waals surface area (Å²) < 4.78 is 17.7. The summed E-state index contributed by atoms with van der Waals surface area (Å²) in [5.41, 5.74) is 3.18. The summed E-state index contributed by atoms with van der Waals surface area (Å²) in [5.74, 6) is 0.139. The minimum absolute atomic E-state index is 0.0923. The number of aromatic nitrogens is 4. The molecule has 30 heavy (non-hydrogen) atoms. The fourth-order valence-electron chi connectivity index (χ4n) is 3.36. The first-order valence-corrected chi connectivity index (χ1v) is 9.58. The number of hydrogen-bond donors (Lipinski definition) is 0. The third-order valence-electron chi connectivity index (χ3n) is 4.88. The Morgan fingerprint density at radius 2 is 1.87 bits per heavy atom. The van der Waals surface area contributed by atoms with Crippen molar-refractivity contribution in [2.75, 3.05) is 45.4 Å². The fraction of sp³-hybridized carbons (Fsp3) is 0.333. The van der Waals surface area contributed by atoms with E-state index in [4.69, 9.17) is 19.2 Å². The van der Waals surface area contributed by atoms with Crippen LogP contribution >= 0.6 is 0 Å². The van der Waals surface area contributed by atoms with Crippen LogP contribution in [0.25, 0.3) is 22.5 Å². The van der Waals surface area contributed by atoms with Gasteiger partial charge >= 0.3 is 5.97 Å². The van der Waals surface area contributed by atoms with Gasteiger partial charge in [-0.2, -0.15) is 5.10 Å². The van der Waals surface area contributed by atoms with Crippen molar-refractivity contribution in [2.24, 2.45) is 7.05 Å². The van der Waals surface area contributed by atoms with Gasteiger partial charge in [0.2, 0.25) is 5.95 Å². The highest BCUT2D eigenvalue weighted by atomic mass is 16.5. The van der Waals surface area contributed by atoms with E-state index in [0.29, 0.717) is 37.9 Å². The lowest BCUT2D eigenvalue weighted by Crippen LogP contribution is -2.37. The number of rotatable bonds is 5. The number of esters is 1. The summed E-state index contributed by atoms with van der Waals surface area (Å²) in [6, 6.07) is 9.73. The number of hydrogen-bond acceptors (Lipinski definition) is 8. The van der Waals surface area contributed by atoms with Crippen LogP contribution in [0.4, 0.5) is 5.95 Å². The van der Waals surface area contributed by atoms with Crippen molar-refractivity contribution in [2.45, 2.75) is 0 Å². The molecule has 0 saturated carbocycles. The quantitative estimate of drug-likeness (QED) is 0.592. The molecule has 156 valence electrons. The molecular formula is C21H23N5O4. The lowest BCUT2D eigenvalue weighted by atomic mass is 10.0. The smallest absolute Gasteiger partial charge is 0.360 e. The molecule has 4 rings (SSSR count). The van der Waals surface area contributed by atoms with Crippen LogP contribution in [0.3, 0.4) is 0 Å². The first-order valence-electron chi connectivity index (χ1n) is 9.58. The molecule has 2 aromatic heterocycles. The molecule has 3 aromatic rings. The van der Waals surface area contributed by atoms with Crippen molar-refractivity contribution in [3.05, 3.63) is 42.2 Å². The van der Waals surface area contributed by atoms with Crippen molar-refractivity contribution >= 4 is 11.9 Å². The zero-order valence-electron chi connectivity index (χ0n) is 17.2. The van der Waals surface area contributed by atoms with E-state index >= 15 is 0 Å². The van der Waals surface area contributed by atoms with Gasteiger partial charge < -0.3 is 19.1 Å². The second-order valence-corrected chi connectivity index (χ2v) is 6.80. The molecule has 1 aliphatic rings. The number of nitrogens with zero attached hydrogens (tertiary/aromatic N) is 5. The first-order chi connectivity index (χ1) is 14.6. The normalized spacial score (nSPS) is 13.9. The highest BCUT2D eigenvalue weighted by Gasteiger charge is 2.25. The van der Waals surface area contributed by atoms with Crippen molar-refractivity contribution in [3.63, 3.8) is 0 Å². The highest BCUT2D eigenvalue weighted by Crippen LogP contribution is 2.34. The minimum Gasteiger partial charge on any atom is -0.492 e. The number of ether oxygens (including phenoxy) is 3. The van der Waals surface area contributed by atoms with Gasteiger partial charge in [-0.05, 0) is 12.1 Å². The molecular weight excluding hydrogens is 386 g/mol. The molecule has 0 radical (unpaired) electrons. The number of carbonyl (C=O) groups excluding carboxylic acids is 1. The first kappa shape index (κ1) is 19.8. The van der Waals surface area contributed by atoms with E-state index in [1.807, 2.05) is 48.5 Å². The van der Waals surface area contributed by atoms with E-state index in [1.54, 1.807) is 4.68 Å². The Morgan fingerprint density at radius 1 is 1.10 bits per heavy atom. The van der Waals surface area contributed by atoms with Gasteiger partial charge in [0.05, 0.1) is 33.1 Å². The number of morpholine rings is 1. The van der Waals surface area contributed by atoms with Gasteiger partial charge in [0.25, 0.3) is 0 Å². The Balaban J connectivity index is 1.86. The third kappa shape index (κ3) is 3.84. The molecule has 0 amide bonds. The number of carbonyl (C=O) groups is 1. The second kappa shape index (κ2) is 8.50. The molecule has 1 aliphatic heterocycles. The molecule has 0 bridgehead atoms. The molecule has 9 nitrogen and oxygen atoms in total. The van der Waals surface area contributed by atoms with E-state index in [0.717, 1.165) is 16.8 Å². The van der Waals surface area contributed by atoms with E-state index in [9.17, 15) is 4.79 Å². The number of benzene rings is 1. The van der Waals surface area contributed by atoms with Gasteiger partial charge in [-0.3, -0.25) is 4.68 Å². The molecule has 1 fully saturated rings. The lowest BCUT2D eigenvalue weighted by molar-refractivity contribution is 0.0590. The fourth-order valence-corrected chi connectivity index (χ4v) is 3.36. The van der Waals surface area contributed by atoms with Crippen LogP contribution in [0.5, 0.6) is 5.75 Å². The predicted octanol–water partition coefficient (Wildman–Crippen LogP) is 2.18. The maximum atomic E-state index is 12.5.